The highest BCUT2D eigenvalue weighted by molar-refractivity contribution is 6.33. The molecule has 0 heterocycles. The molecule has 4 heteroatoms. The number of carbonyl (C=O) groups is 1. The van der Waals surface area contributed by atoms with E-state index in [9.17, 15) is 15.0 Å². The normalized spacial score (nSPS) is 11.7. The van der Waals surface area contributed by atoms with E-state index in [1.807, 2.05) is 13.0 Å². The Morgan fingerprint density at radius 1 is 1.24 bits per heavy atom. The molecule has 2 N–H and O–H groups in total. The lowest BCUT2D eigenvalue weighted by atomic mass is 9.99. The van der Waals surface area contributed by atoms with E-state index in [2.05, 4.69) is 6.92 Å². The Balaban J connectivity index is 3.01. The highest BCUT2D eigenvalue weighted by Crippen LogP contribution is 2.40. The van der Waals surface area contributed by atoms with E-state index in [0.717, 1.165) is 12.8 Å². The Labute approximate surface area is 131 Å². The molecule has 0 unspecified atom stereocenters. The van der Waals surface area contributed by atoms with E-state index in [-0.39, 0.29) is 22.1 Å². The molecule has 0 aliphatic heterocycles. The number of aldehydes is 1. The molecule has 0 atom stereocenters. The van der Waals surface area contributed by atoms with E-state index in [4.69, 9.17) is 11.6 Å². The van der Waals surface area contributed by atoms with Gasteiger partial charge in [0.25, 0.3) is 0 Å². The van der Waals surface area contributed by atoms with Crippen LogP contribution in [0.3, 0.4) is 0 Å². The zero-order chi connectivity index (χ0) is 16.0. The van der Waals surface area contributed by atoms with Crippen LogP contribution in [-0.4, -0.2) is 16.5 Å². The van der Waals surface area contributed by atoms with Crippen molar-refractivity contribution in [3.05, 3.63) is 33.4 Å². The van der Waals surface area contributed by atoms with Crippen LogP contribution in [0.2, 0.25) is 5.02 Å². The fourth-order valence-corrected chi connectivity index (χ4v) is 2.47. The van der Waals surface area contributed by atoms with Crippen LogP contribution >= 0.6 is 11.6 Å². The van der Waals surface area contributed by atoms with Gasteiger partial charge in [-0.1, -0.05) is 43.0 Å². The lowest BCUT2D eigenvalue weighted by Crippen LogP contribution is -1.96. The number of phenols is 2. The second kappa shape index (κ2) is 8.08. The van der Waals surface area contributed by atoms with Crippen molar-refractivity contribution in [3.8, 4) is 11.5 Å². The maximum absolute atomic E-state index is 11.1. The van der Waals surface area contributed by atoms with Crippen LogP contribution in [-0.2, 0) is 6.42 Å². The Hall–Kier alpha value is -1.48. The number of aromatic hydroxyl groups is 2. The van der Waals surface area contributed by atoms with Gasteiger partial charge in [0, 0.05) is 5.56 Å². The van der Waals surface area contributed by atoms with Crippen molar-refractivity contribution in [2.24, 2.45) is 0 Å². The molecule has 21 heavy (non-hydrogen) atoms. The van der Waals surface area contributed by atoms with Gasteiger partial charge in [0.1, 0.15) is 11.5 Å². The number of allylic oxidation sites excluding steroid dienone is 2. The highest BCUT2D eigenvalue weighted by atomic mass is 35.5. The standard InChI is InChI=1S/C17H23ClO3/c1-4-5-6-7-11(2)8-9-13-16(20)14(10-19)12(3)15(18)17(13)21/h8,10,20-21H,4-7,9H2,1-3H3/b11-8-. The number of hydrogen-bond donors (Lipinski definition) is 2. The third-order valence-electron chi connectivity index (χ3n) is 3.72. The topological polar surface area (TPSA) is 57.5 Å². The van der Waals surface area contributed by atoms with Gasteiger partial charge in [0.2, 0.25) is 0 Å². The molecule has 0 spiro atoms. The molecule has 0 fully saturated rings. The van der Waals surface area contributed by atoms with Crippen LogP contribution in [0.25, 0.3) is 0 Å². The lowest BCUT2D eigenvalue weighted by Gasteiger charge is -2.13. The largest absolute Gasteiger partial charge is 0.507 e. The molecule has 0 aromatic heterocycles. The van der Waals surface area contributed by atoms with Crippen LogP contribution in [0.5, 0.6) is 11.5 Å². The zero-order valence-electron chi connectivity index (χ0n) is 12.9. The average Bonchev–Trinajstić information content (AvgIpc) is 2.46. The lowest BCUT2D eigenvalue weighted by molar-refractivity contribution is 0.112. The Morgan fingerprint density at radius 3 is 2.48 bits per heavy atom. The van der Waals surface area contributed by atoms with E-state index in [1.54, 1.807) is 6.92 Å². The fourth-order valence-electron chi connectivity index (χ4n) is 2.25. The van der Waals surface area contributed by atoms with Crippen molar-refractivity contribution in [2.45, 2.75) is 52.9 Å². The molecule has 0 bridgehead atoms. The molecule has 0 saturated carbocycles. The summed E-state index contributed by atoms with van der Waals surface area (Å²) in [6.45, 7) is 5.78. The number of carbonyl (C=O) groups excluding carboxylic acids is 1. The summed E-state index contributed by atoms with van der Waals surface area (Å²) in [6, 6.07) is 0. The summed E-state index contributed by atoms with van der Waals surface area (Å²) >= 11 is 6.02. The average molecular weight is 311 g/mol. The monoisotopic (exact) mass is 310 g/mol. The van der Waals surface area contributed by atoms with Gasteiger partial charge in [-0.3, -0.25) is 4.79 Å². The first-order valence-corrected chi connectivity index (χ1v) is 7.65. The van der Waals surface area contributed by atoms with Crippen molar-refractivity contribution in [1.82, 2.24) is 0 Å². The zero-order valence-corrected chi connectivity index (χ0v) is 13.6. The maximum atomic E-state index is 11.1. The molecule has 0 saturated heterocycles. The molecule has 116 valence electrons. The predicted molar refractivity (Wildman–Crippen MR) is 86.5 cm³/mol. The number of unbranched alkanes of at least 4 members (excludes halogenated alkanes) is 2. The van der Waals surface area contributed by atoms with Crippen molar-refractivity contribution >= 4 is 17.9 Å². The minimum atomic E-state index is -0.179. The molecule has 0 aliphatic carbocycles. The van der Waals surface area contributed by atoms with Gasteiger partial charge in [-0.05, 0) is 38.7 Å². The van der Waals surface area contributed by atoms with Crippen LogP contribution in [0.1, 0.15) is 61.0 Å². The molecule has 1 aromatic rings. The molecule has 0 amide bonds. The van der Waals surface area contributed by atoms with Gasteiger partial charge >= 0.3 is 0 Å². The van der Waals surface area contributed by atoms with E-state index in [1.165, 1.54) is 18.4 Å². The van der Waals surface area contributed by atoms with Crippen molar-refractivity contribution in [2.75, 3.05) is 0 Å². The molecular weight excluding hydrogens is 288 g/mol. The number of rotatable bonds is 7. The third kappa shape index (κ3) is 4.24. The van der Waals surface area contributed by atoms with E-state index in [0.29, 0.717) is 23.8 Å². The van der Waals surface area contributed by atoms with Crippen LogP contribution in [0.15, 0.2) is 11.6 Å². The first-order valence-electron chi connectivity index (χ1n) is 7.27. The number of phenolic OH excluding ortho intramolecular Hbond substituents is 2. The summed E-state index contributed by atoms with van der Waals surface area (Å²) in [5, 5.41) is 20.3. The number of halogens is 1. The van der Waals surface area contributed by atoms with E-state index >= 15 is 0 Å². The fraction of sp³-hybridized carbons (Fsp3) is 0.471. The second-order valence-corrected chi connectivity index (χ2v) is 5.74. The summed E-state index contributed by atoms with van der Waals surface area (Å²) < 4.78 is 0. The van der Waals surface area contributed by atoms with Crippen LogP contribution in [0, 0.1) is 6.92 Å². The van der Waals surface area contributed by atoms with Gasteiger partial charge in [-0.2, -0.15) is 0 Å². The summed E-state index contributed by atoms with van der Waals surface area (Å²) in [6.07, 6.45) is 7.37. The van der Waals surface area contributed by atoms with E-state index < -0.39 is 0 Å². The Bertz CT molecular complexity index is 548. The molecule has 0 aliphatic rings. The van der Waals surface area contributed by atoms with Gasteiger partial charge in [0.15, 0.2) is 6.29 Å². The molecule has 1 rings (SSSR count). The maximum Gasteiger partial charge on any atom is 0.154 e. The second-order valence-electron chi connectivity index (χ2n) is 5.36. The van der Waals surface area contributed by atoms with Crippen molar-refractivity contribution in [1.29, 1.82) is 0 Å². The molecule has 1 aromatic carbocycles. The SMILES string of the molecule is CCCCC/C(C)=C\Cc1c(O)c(Cl)c(C)c(C=O)c1O. The highest BCUT2D eigenvalue weighted by Gasteiger charge is 2.19. The molecule has 3 nitrogen and oxygen atoms in total. The Morgan fingerprint density at radius 2 is 1.90 bits per heavy atom. The third-order valence-corrected chi connectivity index (χ3v) is 4.18. The molecule has 0 radical (unpaired) electrons. The summed E-state index contributed by atoms with van der Waals surface area (Å²) in [5.74, 6) is -0.322. The van der Waals surface area contributed by atoms with Gasteiger partial charge < -0.3 is 10.2 Å². The predicted octanol–water partition coefficient (Wildman–Crippen LogP) is 4.94. The number of benzene rings is 1. The first kappa shape index (κ1) is 17.6. The minimum absolute atomic E-state index is 0.127. The van der Waals surface area contributed by atoms with Crippen LogP contribution < -0.4 is 0 Å². The summed E-state index contributed by atoms with van der Waals surface area (Å²) in [4.78, 5) is 11.1. The summed E-state index contributed by atoms with van der Waals surface area (Å²) in [7, 11) is 0. The first-order chi connectivity index (χ1) is 9.93. The van der Waals surface area contributed by atoms with Gasteiger partial charge in [-0.15, -0.1) is 0 Å². The quantitative estimate of drug-likeness (QED) is 0.426. The van der Waals surface area contributed by atoms with Crippen LogP contribution in [0.4, 0.5) is 0 Å². The van der Waals surface area contributed by atoms with Gasteiger partial charge in [0.05, 0.1) is 10.6 Å². The minimum Gasteiger partial charge on any atom is -0.507 e. The van der Waals surface area contributed by atoms with Gasteiger partial charge in [-0.25, -0.2) is 0 Å². The Kier molecular flexibility index (Phi) is 6.76. The number of hydrogen-bond acceptors (Lipinski definition) is 3. The smallest absolute Gasteiger partial charge is 0.154 e. The molecular formula is C17H23ClO3. The van der Waals surface area contributed by atoms with Crippen molar-refractivity contribution in [3.63, 3.8) is 0 Å². The summed E-state index contributed by atoms with van der Waals surface area (Å²) in [5.41, 5.74) is 2.05. The van der Waals surface area contributed by atoms with Crippen molar-refractivity contribution < 1.29 is 15.0 Å².